The maximum Gasteiger partial charge on any atom is 0.320 e. The van der Waals surface area contributed by atoms with Crippen molar-refractivity contribution in [2.45, 2.75) is 39.7 Å². The van der Waals surface area contributed by atoms with Gasteiger partial charge in [-0.3, -0.25) is 14.5 Å². The maximum atomic E-state index is 11.7. The van der Waals surface area contributed by atoms with Gasteiger partial charge >= 0.3 is 5.97 Å². The van der Waals surface area contributed by atoms with Gasteiger partial charge in [-0.25, -0.2) is 0 Å². The van der Waals surface area contributed by atoms with E-state index < -0.39 is 12.0 Å². The van der Waals surface area contributed by atoms with E-state index in [0.717, 1.165) is 6.42 Å². The summed E-state index contributed by atoms with van der Waals surface area (Å²) in [6, 6.07) is -0.515. The number of rotatable bonds is 5. The number of likely N-dealkylation sites (tertiary alicyclic amines) is 1. The SMILES string of the molecule is CC(C)CNC(=O)CN1CCC(C)CC1C(=O)O. The zero-order valence-electron chi connectivity index (χ0n) is 11.5. The van der Waals surface area contributed by atoms with Crippen molar-refractivity contribution in [3.8, 4) is 0 Å². The number of hydrogen-bond donors (Lipinski definition) is 2. The van der Waals surface area contributed by atoms with Crippen LogP contribution in [0.3, 0.4) is 0 Å². The van der Waals surface area contributed by atoms with E-state index in [-0.39, 0.29) is 12.5 Å². The van der Waals surface area contributed by atoms with Gasteiger partial charge in [0.2, 0.25) is 5.91 Å². The molecule has 1 fully saturated rings. The summed E-state index contributed by atoms with van der Waals surface area (Å²) >= 11 is 0. The topological polar surface area (TPSA) is 69.6 Å². The van der Waals surface area contributed by atoms with Gasteiger partial charge in [0.15, 0.2) is 0 Å². The molecule has 0 aromatic rings. The second kappa shape index (κ2) is 6.73. The number of aliphatic carboxylic acids is 1. The molecule has 0 aromatic carbocycles. The van der Waals surface area contributed by atoms with Gasteiger partial charge in [-0.1, -0.05) is 20.8 Å². The molecule has 104 valence electrons. The molecule has 0 aliphatic carbocycles. The molecule has 1 saturated heterocycles. The van der Waals surface area contributed by atoms with E-state index in [2.05, 4.69) is 12.2 Å². The Bertz CT molecular complexity index is 305. The first-order valence-electron chi connectivity index (χ1n) is 6.63. The lowest BCUT2D eigenvalue weighted by Gasteiger charge is -2.35. The molecule has 5 heteroatoms. The molecule has 5 nitrogen and oxygen atoms in total. The van der Waals surface area contributed by atoms with Gasteiger partial charge in [0.05, 0.1) is 6.54 Å². The van der Waals surface area contributed by atoms with E-state index in [9.17, 15) is 14.7 Å². The van der Waals surface area contributed by atoms with Gasteiger partial charge in [0.1, 0.15) is 6.04 Å². The van der Waals surface area contributed by atoms with Crippen LogP contribution < -0.4 is 5.32 Å². The average molecular weight is 256 g/mol. The van der Waals surface area contributed by atoms with E-state index in [1.165, 1.54) is 0 Å². The number of nitrogens with one attached hydrogen (secondary N) is 1. The van der Waals surface area contributed by atoms with Crippen molar-refractivity contribution in [2.24, 2.45) is 11.8 Å². The zero-order valence-corrected chi connectivity index (χ0v) is 11.5. The van der Waals surface area contributed by atoms with Gasteiger partial charge in [-0.15, -0.1) is 0 Å². The van der Waals surface area contributed by atoms with Crippen LogP contribution in [-0.4, -0.2) is 47.6 Å². The number of hydrogen-bond acceptors (Lipinski definition) is 3. The van der Waals surface area contributed by atoms with Gasteiger partial charge in [0.25, 0.3) is 0 Å². The summed E-state index contributed by atoms with van der Waals surface area (Å²) in [6.45, 7) is 7.64. The van der Waals surface area contributed by atoms with Crippen molar-refractivity contribution in [1.82, 2.24) is 10.2 Å². The molecule has 1 amide bonds. The molecule has 1 heterocycles. The first kappa shape index (κ1) is 15.0. The molecule has 2 unspecified atom stereocenters. The average Bonchev–Trinajstić information content (AvgIpc) is 2.28. The normalized spacial score (nSPS) is 25.1. The monoisotopic (exact) mass is 256 g/mol. The highest BCUT2D eigenvalue weighted by Crippen LogP contribution is 2.22. The van der Waals surface area contributed by atoms with Crippen molar-refractivity contribution < 1.29 is 14.7 Å². The van der Waals surface area contributed by atoms with Crippen LogP contribution in [0.4, 0.5) is 0 Å². The fourth-order valence-corrected chi connectivity index (χ4v) is 2.19. The number of carboxylic acid groups (broad SMARTS) is 1. The lowest BCUT2D eigenvalue weighted by molar-refractivity contribution is -0.146. The molecule has 18 heavy (non-hydrogen) atoms. The third kappa shape index (κ3) is 4.64. The predicted molar refractivity (Wildman–Crippen MR) is 69.2 cm³/mol. The number of carbonyl (C=O) groups is 2. The quantitative estimate of drug-likeness (QED) is 0.768. The highest BCUT2D eigenvalue weighted by molar-refractivity contribution is 5.80. The minimum atomic E-state index is -0.821. The second-order valence-electron chi connectivity index (χ2n) is 5.65. The van der Waals surface area contributed by atoms with E-state index in [1.807, 2.05) is 13.8 Å². The molecule has 2 atom stereocenters. The molecule has 1 aliphatic heterocycles. The van der Waals surface area contributed by atoms with Crippen LogP contribution >= 0.6 is 0 Å². The Hall–Kier alpha value is -1.10. The smallest absolute Gasteiger partial charge is 0.320 e. The number of carboxylic acids is 1. The van der Waals surface area contributed by atoms with Gasteiger partial charge in [-0.2, -0.15) is 0 Å². The number of piperidine rings is 1. The largest absolute Gasteiger partial charge is 0.480 e. The number of nitrogens with zero attached hydrogens (tertiary/aromatic N) is 1. The lowest BCUT2D eigenvalue weighted by atomic mass is 9.92. The fraction of sp³-hybridized carbons (Fsp3) is 0.846. The minimum absolute atomic E-state index is 0.0792. The molecule has 0 radical (unpaired) electrons. The van der Waals surface area contributed by atoms with Crippen molar-refractivity contribution in [3.63, 3.8) is 0 Å². The van der Waals surface area contributed by atoms with Gasteiger partial charge in [0, 0.05) is 6.54 Å². The molecule has 1 rings (SSSR count). The van der Waals surface area contributed by atoms with Crippen LogP contribution in [0.25, 0.3) is 0 Å². The highest BCUT2D eigenvalue weighted by Gasteiger charge is 2.32. The number of amides is 1. The van der Waals surface area contributed by atoms with Crippen LogP contribution in [0.15, 0.2) is 0 Å². The summed E-state index contributed by atoms with van der Waals surface area (Å²) in [7, 11) is 0. The summed E-state index contributed by atoms with van der Waals surface area (Å²) < 4.78 is 0. The van der Waals surface area contributed by atoms with E-state index in [1.54, 1.807) is 4.90 Å². The molecular formula is C13H24N2O3. The van der Waals surface area contributed by atoms with E-state index in [4.69, 9.17) is 0 Å². The third-order valence-corrected chi connectivity index (χ3v) is 3.31. The van der Waals surface area contributed by atoms with Crippen molar-refractivity contribution >= 4 is 11.9 Å². The lowest BCUT2D eigenvalue weighted by Crippen LogP contribution is -2.50. The van der Waals surface area contributed by atoms with Crippen LogP contribution in [0.1, 0.15) is 33.6 Å². The zero-order chi connectivity index (χ0) is 13.7. The van der Waals surface area contributed by atoms with E-state index >= 15 is 0 Å². The molecular weight excluding hydrogens is 232 g/mol. The van der Waals surface area contributed by atoms with Crippen molar-refractivity contribution in [3.05, 3.63) is 0 Å². The standard InChI is InChI=1S/C13H24N2O3/c1-9(2)7-14-12(16)8-15-5-4-10(3)6-11(15)13(17)18/h9-11H,4-8H2,1-3H3,(H,14,16)(H,17,18). The molecule has 0 saturated carbocycles. The first-order valence-corrected chi connectivity index (χ1v) is 6.63. The molecule has 0 spiro atoms. The highest BCUT2D eigenvalue weighted by atomic mass is 16.4. The molecule has 0 bridgehead atoms. The Morgan fingerprint density at radius 1 is 1.44 bits per heavy atom. The second-order valence-corrected chi connectivity index (χ2v) is 5.65. The minimum Gasteiger partial charge on any atom is -0.480 e. The molecule has 2 N–H and O–H groups in total. The van der Waals surface area contributed by atoms with Crippen molar-refractivity contribution in [2.75, 3.05) is 19.6 Å². The molecule has 0 aromatic heterocycles. The number of carbonyl (C=O) groups excluding carboxylic acids is 1. The summed E-state index contributed by atoms with van der Waals surface area (Å²) in [6.07, 6.45) is 1.59. The Kier molecular flexibility index (Phi) is 5.59. The Morgan fingerprint density at radius 2 is 2.11 bits per heavy atom. The van der Waals surface area contributed by atoms with E-state index in [0.29, 0.717) is 31.3 Å². The predicted octanol–water partition coefficient (Wildman–Crippen LogP) is 0.944. The summed E-state index contributed by atoms with van der Waals surface area (Å²) in [4.78, 5) is 24.7. The van der Waals surface area contributed by atoms with Crippen LogP contribution in [0, 0.1) is 11.8 Å². The van der Waals surface area contributed by atoms with Crippen LogP contribution in [0.5, 0.6) is 0 Å². The van der Waals surface area contributed by atoms with Crippen molar-refractivity contribution in [1.29, 1.82) is 0 Å². The Morgan fingerprint density at radius 3 is 2.67 bits per heavy atom. The fourth-order valence-electron chi connectivity index (χ4n) is 2.19. The first-order chi connectivity index (χ1) is 8.40. The summed E-state index contributed by atoms with van der Waals surface area (Å²) in [5.41, 5.74) is 0. The summed E-state index contributed by atoms with van der Waals surface area (Å²) in [5.74, 6) is -0.0746. The maximum absolute atomic E-state index is 11.7. The third-order valence-electron chi connectivity index (χ3n) is 3.31. The summed E-state index contributed by atoms with van der Waals surface area (Å²) in [5, 5.41) is 12.0. The Labute approximate surface area is 109 Å². The van der Waals surface area contributed by atoms with Gasteiger partial charge in [-0.05, 0) is 31.2 Å². The Balaban J connectivity index is 2.48. The molecule has 1 aliphatic rings. The van der Waals surface area contributed by atoms with Crippen LogP contribution in [-0.2, 0) is 9.59 Å². The van der Waals surface area contributed by atoms with Crippen LogP contribution in [0.2, 0.25) is 0 Å². The van der Waals surface area contributed by atoms with Gasteiger partial charge < -0.3 is 10.4 Å².